The van der Waals surface area contributed by atoms with Crippen molar-refractivity contribution >= 4 is 21.6 Å². The van der Waals surface area contributed by atoms with Gasteiger partial charge in [-0.15, -0.1) is 0 Å². The number of nitrogens with zero attached hydrogens (tertiary/aromatic N) is 2. The van der Waals surface area contributed by atoms with Crippen molar-refractivity contribution in [2.75, 3.05) is 21.0 Å². The van der Waals surface area contributed by atoms with E-state index < -0.39 is 4.92 Å². The molecule has 1 heterocycles. The molecule has 0 aromatic heterocycles. The summed E-state index contributed by atoms with van der Waals surface area (Å²) in [5.74, 6) is 1.47. The van der Waals surface area contributed by atoms with Crippen LogP contribution in [0.15, 0.2) is 34.8 Å². The van der Waals surface area contributed by atoms with Crippen molar-refractivity contribution in [1.82, 2.24) is 4.90 Å². The minimum atomic E-state index is -0.393. The van der Waals surface area contributed by atoms with Crippen LogP contribution in [0.3, 0.4) is 0 Å². The highest BCUT2D eigenvalue weighted by atomic mass is 79.9. The van der Waals surface area contributed by atoms with Gasteiger partial charge in [0.25, 0.3) is 5.69 Å². The van der Waals surface area contributed by atoms with Crippen LogP contribution < -0.4 is 9.47 Å². The van der Waals surface area contributed by atoms with Crippen LogP contribution in [0.5, 0.6) is 11.5 Å². The lowest BCUT2D eigenvalue weighted by Gasteiger charge is -2.24. The van der Waals surface area contributed by atoms with Gasteiger partial charge in [-0.3, -0.25) is 15.0 Å². The molecular weight excluding hydrogens is 404 g/mol. The molecule has 0 N–H and O–H groups in total. The molecule has 0 spiro atoms. The van der Waals surface area contributed by atoms with E-state index in [1.807, 2.05) is 25.2 Å². The number of halogens is 1. The first-order valence-corrected chi connectivity index (χ1v) is 8.79. The van der Waals surface area contributed by atoms with E-state index in [-0.39, 0.29) is 12.5 Å². The van der Waals surface area contributed by atoms with Crippen LogP contribution in [0.1, 0.15) is 16.7 Å². The Bertz CT molecular complexity index is 827. The smallest absolute Gasteiger partial charge is 0.270 e. The van der Waals surface area contributed by atoms with Crippen molar-refractivity contribution in [3.63, 3.8) is 0 Å². The molecule has 0 radical (unpaired) electrons. The van der Waals surface area contributed by atoms with Gasteiger partial charge >= 0.3 is 0 Å². The lowest BCUT2D eigenvalue weighted by Crippen LogP contribution is -2.20. The second-order valence-corrected chi connectivity index (χ2v) is 7.01. The Morgan fingerprint density at radius 1 is 1.27 bits per heavy atom. The molecule has 0 amide bonds. The SMILES string of the molecule is COc1ccc(Br)cc1CN(C)Cc1cc([N+](=O)[O-])cc2c1OCOC2. The van der Waals surface area contributed by atoms with E-state index in [0.717, 1.165) is 21.3 Å². The molecule has 1 aliphatic rings. The van der Waals surface area contributed by atoms with Crippen LogP contribution in [0.25, 0.3) is 0 Å². The zero-order chi connectivity index (χ0) is 18.7. The molecule has 2 aromatic carbocycles. The Hall–Kier alpha value is -2.16. The highest BCUT2D eigenvalue weighted by Crippen LogP contribution is 2.34. The predicted molar refractivity (Wildman–Crippen MR) is 99.2 cm³/mol. The van der Waals surface area contributed by atoms with Gasteiger partial charge in [-0.2, -0.15) is 0 Å². The van der Waals surface area contributed by atoms with Crippen LogP contribution in [0.4, 0.5) is 5.69 Å². The fourth-order valence-electron chi connectivity index (χ4n) is 3.01. The van der Waals surface area contributed by atoms with E-state index in [4.69, 9.17) is 14.2 Å². The monoisotopic (exact) mass is 422 g/mol. The van der Waals surface area contributed by atoms with Gasteiger partial charge in [0.05, 0.1) is 18.6 Å². The van der Waals surface area contributed by atoms with E-state index in [0.29, 0.717) is 31.0 Å². The van der Waals surface area contributed by atoms with Gasteiger partial charge in [-0.25, -0.2) is 0 Å². The number of hydrogen-bond donors (Lipinski definition) is 0. The van der Waals surface area contributed by atoms with Crippen LogP contribution in [-0.2, 0) is 24.4 Å². The summed E-state index contributed by atoms with van der Waals surface area (Å²) in [6, 6.07) is 8.91. The van der Waals surface area contributed by atoms with E-state index in [1.54, 1.807) is 13.2 Å². The summed E-state index contributed by atoms with van der Waals surface area (Å²) in [6.45, 7) is 1.59. The minimum Gasteiger partial charge on any atom is -0.496 e. The topological polar surface area (TPSA) is 74.1 Å². The number of methoxy groups -OCH3 is 1. The second kappa shape index (κ2) is 8.03. The van der Waals surface area contributed by atoms with Crippen molar-refractivity contribution in [3.8, 4) is 11.5 Å². The Balaban J connectivity index is 1.85. The second-order valence-electron chi connectivity index (χ2n) is 6.09. The molecule has 8 heteroatoms. The molecule has 0 bridgehead atoms. The first-order valence-electron chi connectivity index (χ1n) is 7.99. The zero-order valence-corrected chi connectivity index (χ0v) is 16.1. The number of non-ortho nitro benzene ring substituents is 1. The van der Waals surface area contributed by atoms with Crippen molar-refractivity contribution in [2.45, 2.75) is 19.7 Å². The van der Waals surface area contributed by atoms with Crippen molar-refractivity contribution in [2.24, 2.45) is 0 Å². The Kier molecular flexibility index (Phi) is 5.75. The van der Waals surface area contributed by atoms with Gasteiger partial charge in [0.2, 0.25) is 0 Å². The lowest BCUT2D eigenvalue weighted by atomic mass is 10.1. The molecule has 2 aromatic rings. The van der Waals surface area contributed by atoms with Crippen LogP contribution in [-0.4, -0.2) is 30.8 Å². The zero-order valence-electron chi connectivity index (χ0n) is 14.5. The number of nitro groups is 1. The Labute approximate surface area is 159 Å². The summed E-state index contributed by atoms with van der Waals surface area (Å²) >= 11 is 3.47. The molecule has 26 heavy (non-hydrogen) atoms. The van der Waals surface area contributed by atoms with Gasteiger partial charge in [0, 0.05) is 46.4 Å². The molecule has 1 aliphatic heterocycles. The van der Waals surface area contributed by atoms with E-state index in [2.05, 4.69) is 20.8 Å². The van der Waals surface area contributed by atoms with Crippen LogP contribution >= 0.6 is 15.9 Å². The summed E-state index contributed by atoms with van der Waals surface area (Å²) in [5, 5.41) is 11.2. The molecule has 138 valence electrons. The Morgan fingerprint density at radius 3 is 2.77 bits per heavy atom. The van der Waals surface area contributed by atoms with Gasteiger partial charge in [-0.05, 0) is 25.2 Å². The molecule has 7 nitrogen and oxygen atoms in total. The summed E-state index contributed by atoms with van der Waals surface area (Å²) < 4.78 is 17.2. The largest absolute Gasteiger partial charge is 0.496 e. The van der Waals surface area contributed by atoms with Crippen molar-refractivity contribution in [3.05, 3.63) is 61.6 Å². The van der Waals surface area contributed by atoms with E-state index in [9.17, 15) is 10.1 Å². The van der Waals surface area contributed by atoms with E-state index >= 15 is 0 Å². The molecule has 0 saturated carbocycles. The summed E-state index contributed by atoms with van der Waals surface area (Å²) in [7, 11) is 3.59. The molecular formula is C18H19BrN2O5. The maximum atomic E-state index is 11.2. The highest BCUT2D eigenvalue weighted by Gasteiger charge is 2.22. The van der Waals surface area contributed by atoms with E-state index in [1.165, 1.54) is 6.07 Å². The standard InChI is InChI=1S/C18H19BrN2O5/c1-20(8-12-5-15(19)3-4-17(12)24-2)9-13-6-16(21(22)23)7-14-10-25-11-26-18(13)14/h3-7H,8-11H2,1-2H3. The summed E-state index contributed by atoms with van der Waals surface area (Å²) in [4.78, 5) is 12.9. The van der Waals surface area contributed by atoms with Gasteiger partial charge in [0.1, 0.15) is 11.5 Å². The van der Waals surface area contributed by atoms with Crippen LogP contribution in [0, 0.1) is 10.1 Å². The number of ether oxygens (including phenoxy) is 3. The number of benzene rings is 2. The first-order chi connectivity index (χ1) is 12.5. The first kappa shape index (κ1) is 18.6. The third-order valence-corrected chi connectivity index (χ3v) is 4.60. The normalized spacial score (nSPS) is 13.2. The molecule has 0 aliphatic carbocycles. The highest BCUT2D eigenvalue weighted by molar-refractivity contribution is 9.10. The molecule has 3 rings (SSSR count). The maximum absolute atomic E-state index is 11.2. The average Bonchev–Trinajstić information content (AvgIpc) is 2.61. The fraction of sp³-hybridized carbons (Fsp3) is 0.333. The minimum absolute atomic E-state index is 0.0429. The predicted octanol–water partition coefficient (Wildman–Crippen LogP) is 3.86. The number of rotatable bonds is 6. The van der Waals surface area contributed by atoms with Gasteiger partial charge in [-0.1, -0.05) is 15.9 Å². The molecule has 0 fully saturated rings. The number of nitro benzene ring substituents is 1. The quantitative estimate of drug-likeness (QED) is 0.519. The molecule has 0 saturated heterocycles. The summed E-state index contributed by atoms with van der Waals surface area (Å²) in [6.07, 6.45) is 0. The summed E-state index contributed by atoms with van der Waals surface area (Å²) in [5.41, 5.74) is 2.54. The van der Waals surface area contributed by atoms with Crippen molar-refractivity contribution < 1.29 is 19.1 Å². The maximum Gasteiger partial charge on any atom is 0.270 e. The van der Waals surface area contributed by atoms with Gasteiger partial charge < -0.3 is 14.2 Å². The van der Waals surface area contributed by atoms with Gasteiger partial charge in [0.15, 0.2) is 6.79 Å². The average molecular weight is 423 g/mol. The third-order valence-electron chi connectivity index (χ3n) is 4.11. The fourth-order valence-corrected chi connectivity index (χ4v) is 3.42. The van der Waals surface area contributed by atoms with Crippen molar-refractivity contribution in [1.29, 1.82) is 0 Å². The lowest BCUT2D eigenvalue weighted by molar-refractivity contribution is -0.385. The Morgan fingerprint density at radius 2 is 2.04 bits per heavy atom. The van der Waals surface area contributed by atoms with Crippen LogP contribution in [0.2, 0.25) is 0 Å². The number of fused-ring (bicyclic) bond motifs is 1. The molecule has 0 unspecified atom stereocenters. The molecule has 0 atom stereocenters. The number of hydrogen-bond acceptors (Lipinski definition) is 6. The third kappa shape index (κ3) is 4.14.